The van der Waals surface area contributed by atoms with Crippen molar-refractivity contribution in [3.05, 3.63) is 36.3 Å². The van der Waals surface area contributed by atoms with Crippen molar-refractivity contribution in [2.45, 2.75) is 112 Å². The van der Waals surface area contributed by atoms with Crippen LogP contribution < -0.4 is 0 Å². The molecule has 6 aliphatic rings. The lowest BCUT2D eigenvalue weighted by molar-refractivity contribution is -0.342. The monoisotopic (exact) mass is 820 g/mol. The van der Waals surface area contributed by atoms with Gasteiger partial charge in [-0.05, 0) is 6.42 Å². The molecule has 1 saturated carbocycles. The molecule has 6 rings (SSSR count). The Kier molecular flexibility index (Phi) is 14.3. The summed E-state index contributed by atoms with van der Waals surface area (Å²) < 4.78 is 57.2. The van der Waals surface area contributed by atoms with Crippen molar-refractivity contribution in [3.8, 4) is 0 Å². The van der Waals surface area contributed by atoms with E-state index in [9.17, 15) is 55.5 Å². The number of carbonyl (C=O) groups excluding carboxylic acids is 2. The second kappa shape index (κ2) is 18.6. The third-order valence-corrected chi connectivity index (χ3v) is 11.6. The predicted octanol–water partition coefficient (Wildman–Crippen LogP) is -4.00. The van der Waals surface area contributed by atoms with E-state index in [1.165, 1.54) is 13.2 Å². The van der Waals surface area contributed by atoms with Gasteiger partial charge >= 0.3 is 11.9 Å². The summed E-state index contributed by atoms with van der Waals surface area (Å²) in [5.74, 6) is -5.32. The summed E-state index contributed by atoms with van der Waals surface area (Å²) in [6, 6.07) is 0. The van der Waals surface area contributed by atoms with Crippen molar-refractivity contribution in [1.82, 2.24) is 0 Å². The normalized spacial score (nSPS) is 45.8. The van der Waals surface area contributed by atoms with Crippen molar-refractivity contribution < 1.29 is 103 Å². The van der Waals surface area contributed by atoms with E-state index in [1.807, 2.05) is 0 Å². The molecule has 21 nitrogen and oxygen atoms in total. The highest BCUT2D eigenvalue weighted by molar-refractivity contribution is 5.90. The highest BCUT2D eigenvalue weighted by Crippen LogP contribution is 2.49. The molecule has 57 heavy (non-hydrogen) atoms. The summed E-state index contributed by atoms with van der Waals surface area (Å²) in [4.78, 5) is 27.1. The highest BCUT2D eigenvalue weighted by Gasteiger charge is 2.56. The predicted molar refractivity (Wildman–Crippen MR) is 182 cm³/mol. The van der Waals surface area contributed by atoms with Gasteiger partial charge in [-0.25, -0.2) is 9.59 Å². The molecule has 0 aromatic heterocycles. The number of aliphatic hydroxyl groups is 9. The number of methoxy groups -OCH3 is 1. The Morgan fingerprint density at radius 2 is 1.35 bits per heavy atom. The van der Waals surface area contributed by atoms with E-state index in [4.69, 9.17) is 47.4 Å². The molecular weight excluding hydrogens is 768 g/mol. The van der Waals surface area contributed by atoms with Gasteiger partial charge in [-0.2, -0.15) is 0 Å². The smallest absolute Gasteiger partial charge is 0.337 e. The molecule has 1 aliphatic carbocycles. The zero-order valence-electron chi connectivity index (χ0n) is 31.2. The lowest BCUT2D eigenvalue weighted by Crippen LogP contribution is -2.60. The first kappa shape index (κ1) is 43.7. The first-order valence-electron chi connectivity index (χ1n) is 18.7. The van der Waals surface area contributed by atoms with E-state index in [-0.39, 0.29) is 37.2 Å². The fourth-order valence-electron chi connectivity index (χ4n) is 8.28. The van der Waals surface area contributed by atoms with Crippen molar-refractivity contribution in [1.29, 1.82) is 0 Å². The number of esters is 2. The van der Waals surface area contributed by atoms with E-state index in [0.717, 1.165) is 12.5 Å². The van der Waals surface area contributed by atoms with Crippen molar-refractivity contribution in [3.63, 3.8) is 0 Å². The Morgan fingerprint density at radius 3 is 1.89 bits per heavy atom. The van der Waals surface area contributed by atoms with Crippen LogP contribution in [0, 0.1) is 29.6 Å². The van der Waals surface area contributed by atoms with E-state index >= 15 is 0 Å². The SMILES string of the molecule is C=C[C@H]1[C@H](O[C@H]2O[C@@H](CO)[C@H](O)[C@@H](O)[C@@H]2O)OC=C(C(=O)O[C@H]2C[C@@H]3C(C(=O)OC)=CO[C@@H](O[C@H]4O[C@@H](CO)[C@H](O)[C@@H](O)[C@@H]4O)[C@@H]3[C@H]2C)[C@H]1C[C@@H]1OC[C@@H](CO)O1. The maximum Gasteiger partial charge on any atom is 0.337 e. The van der Waals surface area contributed by atoms with Gasteiger partial charge in [-0.3, -0.25) is 0 Å². The Balaban J connectivity index is 1.23. The van der Waals surface area contributed by atoms with Gasteiger partial charge in [-0.15, -0.1) is 6.58 Å². The molecular formula is C36H52O21. The van der Waals surface area contributed by atoms with E-state index in [2.05, 4.69) is 6.58 Å². The zero-order valence-corrected chi connectivity index (χ0v) is 31.2. The molecule has 0 unspecified atom stereocenters. The molecule has 322 valence electrons. The minimum absolute atomic E-state index is 0.00440. The van der Waals surface area contributed by atoms with Crippen molar-refractivity contribution in [2.24, 2.45) is 29.6 Å². The maximum atomic E-state index is 14.2. The first-order chi connectivity index (χ1) is 27.3. The first-order valence-corrected chi connectivity index (χ1v) is 18.7. The molecule has 0 aromatic rings. The third kappa shape index (κ3) is 8.74. The summed E-state index contributed by atoms with van der Waals surface area (Å²) in [7, 11) is 1.19. The molecule has 0 spiro atoms. The number of aliphatic hydroxyl groups excluding tert-OH is 9. The molecule has 4 fully saturated rings. The average Bonchev–Trinajstić information content (AvgIpc) is 3.81. The quantitative estimate of drug-likeness (QED) is 0.0632. The summed E-state index contributed by atoms with van der Waals surface area (Å²) in [6.07, 6.45) is -17.2. The van der Waals surface area contributed by atoms with Crippen LogP contribution in [-0.2, 0) is 57.0 Å². The van der Waals surface area contributed by atoms with E-state index in [1.54, 1.807) is 6.92 Å². The van der Waals surface area contributed by atoms with Gasteiger partial charge in [0.2, 0.25) is 12.6 Å². The standard InChI is InChI=1S/C36H52O21/c1-4-15-16(6-23-49-10-14(7-37)52-23)18(11-50-33(15)56-35-29(44)27(42)25(40)21(8-38)54-35)32(47)53-20-5-17-19(31(46)48-3)12-51-34(24(17)13(20)2)57-36-30(45)28(43)26(41)22(9-39)55-36/h4,11-17,20-30,33-45H,1,5-10H2,2-3H3/t13-,14+,15+,16-,17+,20-,21-,22-,23+,24+,25-,26-,27+,28+,29-,30-,33-,34-,35+,36+/m0/s1. The molecule has 9 N–H and O–H groups in total. The van der Waals surface area contributed by atoms with E-state index < -0.39 is 147 Å². The maximum absolute atomic E-state index is 14.2. The van der Waals surface area contributed by atoms with Crippen LogP contribution >= 0.6 is 0 Å². The minimum atomic E-state index is -1.76. The Bertz CT molecular complexity index is 1470. The number of hydrogen-bond acceptors (Lipinski definition) is 21. The summed E-state index contributed by atoms with van der Waals surface area (Å²) in [5, 5.41) is 91.3. The number of fused-ring (bicyclic) bond motifs is 1. The van der Waals surface area contributed by atoms with Crippen molar-refractivity contribution in [2.75, 3.05) is 33.5 Å². The fourth-order valence-corrected chi connectivity index (χ4v) is 8.28. The van der Waals surface area contributed by atoms with Crippen LogP contribution in [0.4, 0.5) is 0 Å². The molecule has 20 atom stereocenters. The van der Waals surface area contributed by atoms with Crippen molar-refractivity contribution >= 4 is 11.9 Å². The molecule has 3 saturated heterocycles. The third-order valence-electron chi connectivity index (χ3n) is 11.6. The van der Waals surface area contributed by atoms with Gasteiger partial charge in [0.15, 0.2) is 18.9 Å². The minimum Gasteiger partial charge on any atom is -0.472 e. The lowest BCUT2D eigenvalue weighted by Gasteiger charge is -2.43. The largest absolute Gasteiger partial charge is 0.472 e. The second-order valence-corrected chi connectivity index (χ2v) is 14.9. The van der Waals surface area contributed by atoms with Gasteiger partial charge in [0.05, 0.1) is 57.2 Å². The molecule has 0 aromatic carbocycles. The molecule has 0 bridgehead atoms. The molecule has 5 aliphatic heterocycles. The fraction of sp³-hybridized carbons (Fsp3) is 0.778. The number of hydrogen-bond donors (Lipinski definition) is 9. The van der Waals surface area contributed by atoms with Gasteiger partial charge in [0.1, 0.15) is 61.0 Å². The van der Waals surface area contributed by atoms with Crippen LogP contribution in [0.2, 0.25) is 0 Å². The Hall–Kier alpha value is -2.84. The molecule has 0 amide bonds. The average molecular weight is 821 g/mol. The van der Waals surface area contributed by atoms with Gasteiger partial charge in [-0.1, -0.05) is 13.0 Å². The highest BCUT2D eigenvalue weighted by atomic mass is 16.8. The molecule has 21 heteroatoms. The van der Waals surface area contributed by atoms with Crippen LogP contribution in [0.25, 0.3) is 0 Å². The van der Waals surface area contributed by atoms with Crippen LogP contribution in [0.3, 0.4) is 0 Å². The number of carbonyl (C=O) groups is 2. The van der Waals surface area contributed by atoms with Crippen LogP contribution in [-0.4, -0.2) is 184 Å². The van der Waals surface area contributed by atoms with Crippen LogP contribution in [0.5, 0.6) is 0 Å². The Morgan fingerprint density at radius 1 is 0.772 bits per heavy atom. The summed E-state index contributed by atoms with van der Waals surface area (Å²) in [6.45, 7) is 3.97. The van der Waals surface area contributed by atoms with Gasteiger partial charge in [0, 0.05) is 36.0 Å². The van der Waals surface area contributed by atoms with Crippen LogP contribution in [0.15, 0.2) is 36.3 Å². The zero-order chi connectivity index (χ0) is 41.3. The Labute approximate surface area is 326 Å². The summed E-state index contributed by atoms with van der Waals surface area (Å²) in [5.41, 5.74) is 0.109. The topological polar surface area (TPSA) is 309 Å². The second-order valence-electron chi connectivity index (χ2n) is 14.9. The number of ether oxygens (including phenoxy) is 10. The molecule has 0 radical (unpaired) electrons. The van der Waals surface area contributed by atoms with Crippen LogP contribution in [0.1, 0.15) is 19.8 Å². The summed E-state index contributed by atoms with van der Waals surface area (Å²) >= 11 is 0. The number of rotatable bonds is 13. The lowest BCUT2D eigenvalue weighted by atomic mass is 9.81. The van der Waals surface area contributed by atoms with E-state index in [0.29, 0.717) is 0 Å². The van der Waals surface area contributed by atoms with Gasteiger partial charge < -0.3 is 93.3 Å². The van der Waals surface area contributed by atoms with Gasteiger partial charge in [0.25, 0.3) is 0 Å². The molecule has 5 heterocycles.